The average Bonchev–Trinajstić information content (AvgIpc) is 2.59. The Morgan fingerprint density at radius 2 is 1.44 bits per heavy atom. The van der Waals surface area contributed by atoms with E-state index >= 15 is 0 Å². The lowest BCUT2D eigenvalue weighted by Gasteiger charge is -2.22. The van der Waals surface area contributed by atoms with Gasteiger partial charge in [0.2, 0.25) is 0 Å². The molecule has 0 N–H and O–H groups in total. The van der Waals surface area contributed by atoms with Gasteiger partial charge in [-0.3, -0.25) is 0 Å². The Labute approximate surface area is 142 Å². The molecule has 0 fully saturated rings. The molecule has 0 saturated carbocycles. The van der Waals surface area contributed by atoms with E-state index < -0.39 is 18.1 Å². The Morgan fingerprint density at radius 3 is 1.96 bits per heavy atom. The van der Waals surface area contributed by atoms with Crippen molar-refractivity contribution in [1.82, 2.24) is 0 Å². The molecule has 2 aromatic carbocycles. The standard InChI is InChI=1S/C17H14O8/c1-7-5-8(21-2)12-14-11(7)10(24-17(20)23-4)6-9(22-3)13(14)16(19)25-15(12)18/h5-6H,1-4H3. The summed E-state index contributed by atoms with van der Waals surface area (Å²) in [6, 6.07) is 2.96. The van der Waals surface area contributed by atoms with Crippen LogP contribution in [0.25, 0.3) is 10.8 Å². The largest absolute Gasteiger partial charge is 0.513 e. The van der Waals surface area contributed by atoms with Crippen LogP contribution >= 0.6 is 0 Å². The third kappa shape index (κ3) is 2.42. The highest BCUT2D eigenvalue weighted by Crippen LogP contribution is 2.45. The van der Waals surface area contributed by atoms with E-state index in [1.54, 1.807) is 13.0 Å². The average molecular weight is 346 g/mol. The smallest absolute Gasteiger partial charge is 0.496 e. The van der Waals surface area contributed by atoms with Gasteiger partial charge in [-0.15, -0.1) is 0 Å². The van der Waals surface area contributed by atoms with Crippen molar-refractivity contribution in [3.05, 3.63) is 28.8 Å². The van der Waals surface area contributed by atoms with Gasteiger partial charge in [0.05, 0.1) is 21.3 Å². The van der Waals surface area contributed by atoms with Crippen LogP contribution in [0, 0.1) is 6.92 Å². The fourth-order valence-corrected chi connectivity index (χ4v) is 2.87. The Bertz CT molecular complexity index is 908. The van der Waals surface area contributed by atoms with Gasteiger partial charge in [-0.05, 0) is 18.6 Å². The molecule has 0 atom stereocenters. The molecule has 0 bridgehead atoms. The van der Waals surface area contributed by atoms with Crippen LogP contribution in [-0.2, 0) is 9.47 Å². The first-order chi connectivity index (χ1) is 11.9. The summed E-state index contributed by atoms with van der Waals surface area (Å²) in [5.41, 5.74) is 0.749. The first-order valence-corrected chi connectivity index (χ1v) is 7.17. The SMILES string of the molecule is COC(=O)Oc1cc(OC)c2c3c(c(OC)cc(C)c13)C(=O)OC2=O. The zero-order valence-corrected chi connectivity index (χ0v) is 13.9. The lowest BCUT2D eigenvalue weighted by molar-refractivity contribution is 0.0387. The van der Waals surface area contributed by atoms with Crippen molar-refractivity contribution in [3.8, 4) is 17.2 Å². The van der Waals surface area contributed by atoms with E-state index in [0.29, 0.717) is 10.9 Å². The minimum absolute atomic E-state index is 0.0614. The summed E-state index contributed by atoms with van der Waals surface area (Å²) in [6.45, 7) is 1.73. The van der Waals surface area contributed by atoms with E-state index in [0.717, 1.165) is 0 Å². The van der Waals surface area contributed by atoms with Crippen LogP contribution in [-0.4, -0.2) is 39.4 Å². The van der Waals surface area contributed by atoms with Crippen LogP contribution in [0.2, 0.25) is 0 Å². The third-order valence-electron chi connectivity index (χ3n) is 3.89. The fourth-order valence-electron chi connectivity index (χ4n) is 2.87. The van der Waals surface area contributed by atoms with Crippen LogP contribution < -0.4 is 14.2 Å². The highest BCUT2D eigenvalue weighted by atomic mass is 16.7. The van der Waals surface area contributed by atoms with Gasteiger partial charge in [0.15, 0.2) is 0 Å². The molecule has 0 aliphatic carbocycles. The van der Waals surface area contributed by atoms with E-state index in [4.69, 9.17) is 18.9 Å². The second-order valence-corrected chi connectivity index (χ2v) is 5.21. The first kappa shape index (κ1) is 16.6. The van der Waals surface area contributed by atoms with Gasteiger partial charge in [-0.2, -0.15) is 0 Å². The van der Waals surface area contributed by atoms with Crippen molar-refractivity contribution >= 4 is 28.9 Å². The molecule has 25 heavy (non-hydrogen) atoms. The summed E-state index contributed by atoms with van der Waals surface area (Å²) in [5.74, 6) is -1.28. The van der Waals surface area contributed by atoms with E-state index in [1.807, 2.05) is 0 Å². The Kier molecular flexibility index (Phi) is 3.96. The van der Waals surface area contributed by atoms with Gasteiger partial charge in [-0.25, -0.2) is 14.4 Å². The number of rotatable bonds is 3. The number of hydrogen-bond donors (Lipinski definition) is 0. The van der Waals surface area contributed by atoms with Crippen LogP contribution in [0.5, 0.6) is 17.2 Å². The summed E-state index contributed by atoms with van der Waals surface area (Å²) < 4.78 is 25.0. The van der Waals surface area contributed by atoms with Crippen LogP contribution in [0.3, 0.4) is 0 Å². The monoisotopic (exact) mass is 346 g/mol. The predicted octanol–water partition coefficient (Wildman–Crippen LogP) is 2.62. The van der Waals surface area contributed by atoms with Crippen molar-refractivity contribution in [2.45, 2.75) is 6.92 Å². The van der Waals surface area contributed by atoms with Crippen molar-refractivity contribution in [2.24, 2.45) is 0 Å². The molecule has 130 valence electrons. The van der Waals surface area contributed by atoms with Gasteiger partial charge in [0, 0.05) is 16.8 Å². The summed E-state index contributed by atoms with van der Waals surface area (Å²) in [4.78, 5) is 36.1. The lowest BCUT2D eigenvalue weighted by atomic mass is 9.92. The summed E-state index contributed by atoms with van der Waals surface area (Å²) in [6.07, 6.45) is -0.946. The van der Waals surface area contributed by atoms with Crippen LogP contribution in [0.4, 0.5) is 4.79 Å². The van der Waals surface area contributed by atoms with E-state index in [2.05, 4.69) is 4.74 Å². The molecule has 0 aromatic heterocycles. The zero-order valence-electron chi connectivity index (χ0n) is 13.9. The molecular weight excluding hydrogens is 332 g/mol. The molecule has 3 rings (SSSR count). The van der Waals surface area contributed by atoms with E-state index in [9.17, 15) is 14.4 Å². The summed E-state index contributed by atoms with van der Waals surface area (Å²) in [7, 11) is 3.91. The summed E-state index contributed by atoms with van der Waals surface area (Å²) >= 11 is 0. The Balaban J connectivity index is 2.51. The number of esters is 2. The summed E-state index contributed by atoms with van der Waals surface area (Å²) in [5, 5.41) is 0.637. The molecule has 1 aliphatic heterocycles. The number of ether oxygens (including phenoxy) is 5. The van der Waals surface area contributed by atoms with Crippen LogP contribution in [0.1, 0.15) is 26.3 Å². The first-order valence-electron chi connectivity index (χ1n) is 7.17. The van der Waals surface area contributed by atoms with Gasteiger partial charge in [0.1, 0.15) is 28.4 Å². The second kappa shape index (κ2) is 5.97. The van der Waals surface area contributed by atoms with Crippen molar-refractivity contribution < 1.29 is 38.1 Å². The number of benzene rings is 2. The van der Waals surface area contributed by atoms with E-state index in [1.165, 1.54) is 27.4 Å². The fraction of sp³-hybridized carbons (Fsp3) is 0.235. The normalized spacial score (nSPS) is 12.6. The molecule has 0 unspecified atom stereocenters. The molecule has 0 spiro atoms. The molecule has 2 aromatic rings. The molecule has 8 nitrogen and oxygen atoms in total. The molecule has 1 aliphatic rings. The van der Waals surface area contributed by atoms with E-state index in [-0.39, 0.29) is 33.8 Å². The zero-order chi connectivity index (χ0) is 18.3. The third-order valence-corrected chi connectivity index (χ3v) is 3.89. The lowest BCUT2D eigenvalue weighted by Crippen LogP contribution is -2.22. The maximum Gasteiger partial charge on any atom is 0.513 e. The maximum absolute atomic E-state index is 12.3. The number of cyclic esters (lactones) is 2. The second-order valence-electron chi connectivity index (χ2n) is 5.21. The maximum atomic E-state index is 12.3. The van der Waals surface area contributed by atoms with Gasteiger partial charge >= 0.3 is 18.1 Å². The minimum Gasteiger partial charge on any atom is -0.496 e. The molecule has 0 saturated heterocycles. The Hall–Kier alpha value is -3.29. The number of methoxy groups -OCH3 is 3. The van der Waals surface area contributed by atoms with Crippen molar-refractivity contribution in [1.29, 1.82) is 0 Å². The molecule has 0 amide bonds. The highest BCUT2D eigenvalue weighted by molar-refractivity contribution is 6.24. The molecule has 1 heterocycles. The number of carbonyl (C=O) groups is 3. The van der Waals surface area contributed by atoms with Crippen molar-refractivity contribution in [3.63, 3.8) is 0 Å². The number of hydrogen-bond acceptors (Lipinski definition) is 8. The quantitative estimate of drug-likeness (QED) is 0.475. The van der Waals surface area contributed by atoms with Crippen LogP contribution in [0.15, 0.2) is 12.1 Å². The van der Waals surface area contributed by atoms with Gasteiger partial charge in [0.25, 0.3) is 0 Å². The highest BCUT2D eigenvalue weighted by Gasteiger charge is 2.35. The minimum atomic E-state index is -0.946. The predicted molar refractivity (Wildman–Crippen MR) is 84.6 cm³/mol. The molecular formula is C17H14O8. The van der Waals surface area contributed by atoms with Crippen molar-refractivity contribution in [2.75, 3.05) is 21.3 Å². The number of carbonyl (C=O) groups excluding carboxylic acids is 3. The Morgan fingerprint density at radius 1 is 0.880 bits per heavy atom. The topological polar surface area (TPSA) is 97.4 Å². The molecule has 0 radical (unpaired) electrons. The van der Waals surface area contributed by atoms with Gasteiger partial charge < -0.3 is 23.7 Å². The number of aryl methyl sites for hydroxylation is 1. The van der Waals surface area contributed by atoms with Gasteiger partial charge in [-0.1, -0.05) is 0 Å². The molecule has 8 heteroatoms.